The summed E-state index contributed by atoms with van der Waals surface area (Å²) in [4.78, 5) is 6.77. The molecule has 4 nitrogen and oxygen atoms in total. The molecule has 0 bridgehead atoms. The van der Waals surface area contributed by atoms with Crippen LogP contribution in [-0.2, 0) is 6.54 Å². The predicted octanol–water partition coefficient (Wildman–Crippen LogP) is 2.35. The lowest BCUT2D eigenvalue weighted by molar-refractivity contribution is 0.243. The fourth-order valence-corrected chi connectivity index (χ4v) is 2.06. The van der Waals surface area contributed by atoms with E-state index in [9.17, 15) is 0 Å². The van der Waals surface area contributed by atoms with Gasteiger partial charge in [-0.1, -0.05) is 6.92 Å². The Hall–Kier alpha value is -1.55. The molecule has 1 atom stereocenters. The number of benzene rings is 1. The Morgan fingerprint density at radius 3 is 2.94 bits per heavy atom. The first-order valence-electron chi connectivity index (χ1n) is 6.52. The van der Waals surface area contributed by atoms with Gasteiger partial charge in [0.1, 0.15) is 0 Å². The van der Waals surface area contributed by atoms with E-state index >= 15 is 0 Å². The molecule has 1 aromatic carbocycles. The van der Waals surface area contributed by atoms with Crippen molar-refractivity contribution in [3.8, 4) is 0 Å². The van der Waals surface area contributed by atoms with Crippen LogP contribution in [0.1, 0.15) is 20.3 Å². The molecule has 0 saturated carbocycles. The van der Waals surface area contributed by atoms with Gasteiger partial charge in [-0.2, -0.15) is 0 Å². The number of hydrogen-bond donors (Lipinski definition) is 1. The van der Waals surface area contributed by atoms with Crippen molar-refractivity contribution in [3.63, 3.8) is 0 Å². The zero-order valence-corrected chi connectivity index (χ0v) is 11.4. The normalized spacial score (nSPS) is 13.3. The zero-order valence-electron chi connectivity index (χ0n) is 11.4. The van der Waals surface area contributed by atoms with E-state index in [-0.39, 0.29) is 0 Å². The van der Waals surface area contributed by atoms with Gasteiger partial charge in [0.2, 0.25) is 0 Å². The highest BCUT2D eigenvalue weighted by molar-refractivity contribution is 5.78. The fraction of sp³-hybridized carbons (Fsp3) is 0.500. The van der Waals surface area contributed by atoms with Crippen molar-refractivity contribution in [1.29, 1.82) is 0 Å². The molecule has 1 heterocycles. The van der Waals surface area contributed by atoms with Crippen LogP contribution in [0.5, 0.6) is 0 Å². The number of anilines is 1. The number of rotatable bonds is 5. The van der Waals surface area contributed by atoms with Crippen molar-refractivity contribution >= 4 is 16.7 Å². The van der Waals surface area contributed by atoms with Crippen LogP contribution in [0.3, 0.4) is 0 Å². The van der Waals surface area contributed by atoms with Crippen molar-refractivity contribution in [3.05, 3.63) is 24.5 Å². The van der Waals surface area contributed by atoms with Gasteiger partial charge in [-0.15, -0.1) is 0 Å². The molecule has 0 aliphatic rings. The van der Waals surface area contributed by atoms with Gasteiger partial charge in [-0.3, -0.25) is 0 Å². The van der Waals surface area contributed by atoms with E-state index in [1.54, 1.807) is 0 Å². The Labute approximate surface area is 108 Å². The summed E-state index contributed by atoms with van der Waals surface area (Å²) in [5.74, 6) is 0. The largest absolute Gasteiger partial charge is 0.399 e. The molecule has 0 spiro atoms. The molecule has 0 radical (unpaired) electrons. The van der Waals surface area contributed by atoms with Crippen molar-refractivity contribution in [2.75, 3.05) is 19.3 Å². The monoisotopic (exact) mass is 246 g/mol. The van der Waals surface area contributed by atoms with Gasteiger partial charge < -0.3 is 15.2 Å². The van der Waals surface area contributed by atoms with Crippen LogP contribution in [0.2, 0.25) is 0 Å². The highest BCUT2D eigenvalue weighted by Crippen LogP contribution is 2.16. The first-order valence-corrected chi connectivity index (χ1v) is 6.52. The summed E-state index contributed by atoms with van der Waals surface area (Å²) in [6.45, 7) is 6.47. The van der Waals surface area contributed by atoms with E-state index in [1.807, 2.05) is 24.5 Å². The second-order valence-corrected chi connectivity index (χ2v) is 4.92. The summed E-state index contributed by atoms with van der Waals surface area (Å²) < 4.78 is 2.19. The molecule has 2 N–H and O–H groups in total. The summed E-state index contributed by atoms with van der Waals surface area (Å²) in [5.41, 5.74) is 8.65. The Balaban J connectivity index is 2.08. The molecule has 0 amide bonds. The van der Waals surface area contributed by atoms with Gasteiger partial charge in [-0.05, 0) is 38.6 Å². The summed E-state index contributed by atoms with van der Waals surface area (Å²) >= 11 is 0. The first-order chi connectivity index (χ1) is 8.61. The molecular weight excluding hydrogens is 224 g/mol. The fourth-order valence-electron chi connectivity index (χ4n) is 2.06. The summed E-state index contributed by atoms with van der Waals surface area (Å²) in [5, 5.41) is 0. The molecule has 2 aromatic rings. The molecule has 1 aromatic heterocycles. The van der Waals surface area contributed by atoms with E-state index in [2.05, 4.69) is 35.3 Å². The lowest BCUT2D eigenvalue weighted by Crippen LogP contribution is -2.31. The lowest BCUT2D eigenvalue weighted by Gasteiger charge is -2.23. The van der Waals surface area contributed by atoms with E-state index in [4.69, 9.17) is 5.73 Å². The van der Waals surface area contributed by atoms with E-state index in [0.717, 1.165) is 29.8 Å². The Morgan fingerprint density at radius 2 is 2.22 bits per heavy atom. The van der Waals surface area contributed by atoms with E-state index in [0.29, 0.717) is 6.04 Å². The third-order valence-electron chi connectivity index (χ3n) is 3.68. The highest BCUT2D eigenvalue weighted by atomic mass is 15.2. The van der Waals surface area contributed by atoms with Crippen LogP contribution >= 0.6 is 0 Å². The van der Waals surface area contributed by atoms with Gasteiger partial charge in [0.05, 0.1) is 17.4 Å². The van der Waals surface area contributed by atoms with E-state index in [1.165, 1.54) is 6.42 Å². The number of imidazole rings is 1. The molecule has 98 valence electrons. The molecule has 1 unspecified atom stereocenters. The van der Waals surface area contributed by atoms with Crippen LogP contribution < -0.4 is 5.73 Å². The minimum absolute atomic E-state index is 0.621. The molecular formula is C14H22N4. The number of nitrogens with two attached hydrogens (primary N) is 1. The van der Waals surface area contributed by atoms with Crippen molar-refractivity contribution < 1.29 is 0 Å². The molecule has 0 aliphatic carbocycles. The van der Waals surface area contributed by atoms with Crippen LogP contribution in [0.4, 0.5) is 5.69 Å². The minimum atomic E-state index is 0.621. The van der Waals surface area contributed by atoms with Crippen LogP contribution in [0.25, 0.3) is 11.0 Å². The molecule has 4 heteroatoms. The molecule has 18 heavy (non-hydrogen) atoms. The standard InChI is InChI=1S/C14H22N4/c1-4-11(2)17(3)7-8-18-10-16-13-9-12(15)5-6-14(13)18/h5-6,9-11H,4,7-8,15H2,1-3H3. The van der Waals surface area contributed by atoms with Crippen molar-refractivity contribution in [1.82, 2.24) is 14.5 Å². The van der Waals surface area contributed by atoms with Crippen LogP contribution in [0.15, 0.2) is 24.5 Å². The van der Waals surface area contributed by atoms with Crippen LogP contribution in [0, 0.1) is 0 Å². The maximum atomic E-state index is 5.76. The second-order valence-electron chi connectivity index (χ2n) is 4.92. The number of hydrogen-bond acceptors (Lipinski definition) is 3. The number of fused-ring (bicyclic) bond motifs is 1. The smallest absolute Gasteiger partial charge is 0.0958 e. The molecule has 2 rings (SSSR count). The average Bonchev–Trinajstić information content (AvgIpc) is 2.77. The minimum Gasteiger partial charge on any atom is -0.399 e. The number of likely N-dealkylation sites (N-methyl/N-ethyl adjacent to an activating group) is 1. The van der Waals surface area contributed by atoms with Crippen LogP contribution in [-0.4, -0.2) is 34.1 Å². The summed E-state index contributed by atoms with van der Waals surface area (Å²) in [7, 11) is 2.17. The second kappa shape index (κ2) is 5.40. The third kappa shape index (κ3) is 2.64. The highest BCUT2D eigenvalue weighted by Gasteiger charge is 2.08. The number of nitrogen functional groups attached to an aromatic ring is 1. The van der Waals surface area contributed by atoms with Gasteiger partial charge in [-0.25, -0.2) is 4.98 Å². The van der Waals surface area contributed by atoms with Crippen molar-refractivity contribution in [2.24, 2.45) is 0 Å². The molecule has 0 fully saturated rings. The SMILES string of the molecule is CCC(C)N(C)CCn1cnc2cc(N)ccc21. The first kappa shape index (κ1) is 12.9. The average molecular weight is 246 g/mol. The Bertz CT molecular complexity index is 517. The molecule has 0 saturated heterocycles. The quantitative estimate of drug-likeness (QED) is 0.824. The van der Waals surface area contributed by atoms with Gasteiger partial charge in [0.15, 0.2) is 0 Å². The summed E-state index contributed by atoms with van der Waals surface area (Å²) in [6, 6.07) is 6.51. The zero-order chi connectivity index (χ0) is 13.1. The van der Waals surface area contributed by atoms with Crippen molar-refractivity contribution in [2.45, 2.75) is 32.9 Å². The Morgan fingerprint density at radius 1 is 1.44 bits per heavy atom. The summed E-state index contributed by atoms with van der Waals surface area (Å²) in [6.07, 6.45) is 3.08. The van der Waals surface area contributed by atoms with E-state index < -0.39 is 0 Å². The maximum Gasteiger partial charge on any atom is 0.0958 e. The number of aromatic nitrogens is 2. The third-order valence-corrected chi connectivity index (χ3v) is 3.68. The lowest BCUT2D eigenvalue weighted by atomic mass is 10.2. The maximum absolute atomic E-state index is 5.76. The Kier molecular flexibility index (Phi) is 3.87. The topological polar surface area (TPSA) is 47.1 Å². The predicted molar refractivity (Wildman–Crippen MR) is 76.5 cm³/mol. The van der Waals surface area contributed by atoms with Gasteiger partial charge in [0, 0.05) is 24.8 Å². The molecule has 0 aliphatic heterocycles. The van der Waals surface area contributed by atoms with Gasteiger partial charge in [0.25, 0.3) is 0 Å². The number of nitrogens with zero attached hydrogens (tertiary/aromatic N) is 3. The van der Waals surface area contributed by atoms with Gasteiger partial charge >= 0.3 is 0 Å².